The zero-order valence-electron chi connectivity index (χ0n) is 14.1. The summed E-state index contributed by atoms with van der Waals surface area (Å²) in [5.41, 5.74) is 0.0415. The molecule has 0 N–H and O–H groups in total. The minimum atomic E-state index is 0.0415. The van der Waals surface area contributed by atoms with Gasteiger partial charge in [0.15, 0.2) is 0 Å². The Labute approximate surface area is 126 Å². The Hall–Kier alpha value is -0.0400. The molecule has 20 heavy (non-hydrogen) atoms. The summed E-state index contributed by atoms with van der Waals surface area (Å²) in [6.07, 6.45) is 16.2. The Bertz CT molecular complexity index is 265. The van der Waals surface area contributed by atoms with Crippen molar-refractivity contribution in [1.82, 2.24) is 0 Å². The van der Waals surface area contributed by atoms with Crippen LogP contribution in [0.15, 0.2) is 0 Å². The first kappa shape index (κ1) is 16.3. The number of unbranched alkanes of at least 4 members (excludes halogenated alkanes) is 3. The molecule has 0 aromatic carbocycles. The zero-order valence-corrected chi connectivity index (χ0v) is 14.1. The van der Waals surface area contributed by atoms with Gasteiger partial charge in [-0.25, -0.2) is 0 Å². The van der Waals surface area contributed by atoms with Crippen molar-refractivity contribution in [2.75, 3.05) is 6.61 Å². The molecule has 0 heterocycles. The zero-order chi connectivity index (χ0) is 14.4. The molecule has 0 saturated heterocycles. The predicted molar refractivity (Wildman–Crippen MR) is 87.0 cm³/mol. The van der Waals surface area contributed by atoms with Gasteiger partial charge in [0, 0.05) is 6.61 Å². The maximum absolute atomic E-state index is 5.78. The molecule has 0 aromatic rings. The molecule has 0 radical (unpaired) electrons. The fourth-order valence-corrected chi connectivity index (χ4v) is 4.46. The second-order valence-electron chi connectivity index (χ2n) is 8.21. The molecule has 3 atom stereocenters. The van der Waals surface area contributed by atoms with Crippen LogP contribution >= 0.6 is 0 Å². The van der Waals surface area contributed by atoms with Gasteiger partial charge in [0.2, 0.25) is 0 Å². The van der Waals surface area contributed by atoms with Crippen LogP contribution in [0.1, 0.15) is 91.4 Å². The summed E-state index contributed by atoms with van der Waals surface area (Å²) in [6.45, 7) is 7.38. The lowest BCUT2D eigenvalue weighted by molar-refractivity contribution is -0.00477. The van der Waals surface area contributed by atoms with Gasteiger partial charge < -0.3 is 4.74 Å². The van der Waals surface area contributed by atoms with E-state index in [9.17, 15) is 0 Å². The van der Waals surface area contributed by atoms with E-state index in [4.69, 9.17) is 4.74 Å². The van der Waals surface area contributed by atoms with Crippen LogP contribution in [-0.2, 0) is 4.74 Å². The SMILES string of the molecule is CC(C)(C)OCCCCCCC1CCC2CCCCC12. The van der Waals surface area contributed by atoms with Gasteiger partial charge in [-0.05, 0) is 64.2 Å². The lowest BCUT2D eigenvalue weighted by Crippen LogP contribution is -2.19. The van der Waals surface area contributed by atoms with Crippen LogP contribution in [0.4, 0.5) is 0 Å². The Morgan fingerprint density at radius 2 is 1.60 bits per heavy atom. The Kier molecular flexibility index (Phi) is 6.39. The highest BCUT2D eigenvalue weighted by atomic mass is 16.5. The summed E-state index contributed by atoms with van der Waals surface area (Å²) in [5, 5.41) is 0. The molecule has 118 valence electrons. The molecule has 0 aromatic heterocycles. The van der Waals surface area contributed by atoms with Crippen molar-refractivity contribution in [3.8, 4) is 0 Å². The van der Waals surface area contributed by atoms with Crippen molar-refractivity contribution in [2.45, 2.75) is 97.0 Å². The molecule has 2 rings (SSSR count). The van der Waals surface area contributed by atoms with E-state index in [0.29, 0.717) is 0 Å². The van der Waals surface area contributed by atoms with Gasteiger partial charge in [0.25, 0.3) is 0 Å². The lowest BCUT2D eigenvalue weighted by atomic mass is 9.77. The summed E-state index contributed by atoms with van der Waals surface area (Å²) < 4.78 is 5.78. The largest absolute Gasteiger partial charge is 0.376 e. The van der Waals surface area contributed by atoms with Crippen LogP contribution in [0.5, 0.6) is 0 Å². The molecule has 2 aliphatic rings. The van der Waals surface area contributed by atoms with Crippen LogP contribution in [-0.4, -0.2) is 12.2 Å². The van der Waals surface area contributed by atoms with Gasteiger partial charge in [-0.3, -0.25) is 0 Å². The maximum Gasteiger partial charge on any atom is 0.0598 e. The second kappa shape index (κ2) is 7.82. The molecule has 0 spiro atoms. The molecule has 1 nitrogen and oxygen atoms in total. The first-order chi connectivity index (χ1) is 9.56. The maximum atomic E-state index is 5.78. The summed E-state index contributed by atoms with van der Waals surface area (Å²) >= 11 is 0. The minimum absolute atomic E-state index is 0.0415. The molecule has 0 bridgehead atoms. The van der Waals surface area contributed by atoms with Crippen LogP contribution in [0.2, 0.25) is 0 Å². The monoisotopic (exact) mass is 280 g/mol. The topological polar surface area (TPSA) is 9.23 Å². The third-order valence-electron chi connectivity index (χ3n) is 5.49. The van der Waals surface area contributed by atoms with Crippen molar-refractivity contribution < 1.29 is 4.74 Å². The van der Waals surface area contributed by atoms with E-state index in [-0.39, 0.29) is 5.60 Å². The van der Waals surface area contributed by atoms with Crippen molar-refractivity contribution in [3.05, 3.63) is 0 Å². The predicted octanol–water partition coefficient (Wildman–Crippen LogP) is 5.97. The van der Waals surface area contributed by atoms with Gasteiger partial charge in [-0.1, -0.05) is 44.9 Å². The van der Waals surface area contributed by atoms with Crippen molar-refractivity contribution in [2.24, 2.45) is 17.8 Å². The smallest absolute Gasteiger partial charge is 0.0598 e. The van der Waals surface area contributed by atoms with Gasteiger partial charge in [-0.15, -0.1) is 0 Å². The fraction of sp³-hybridized carbons (Fsp3) is 1.00. The molecule has 2 saturated carbocycles. The molecular weight excluding hydrogens is 244 g/mol. The number of hydrogen-bond donors (Lipinski definition) is 0. The second-order valence-corrected chi connectivity index (χ2v) is 8.21. The quantitative estimate of drug-likeness (QED) is 0.522. The molecule has 0 aliphatic heterocycles. The molecule has 3 unspecified atom stereocenters. The van der Waals surface area contributed by atoms with Crippen molar-refractivity contribution >= 4 is 0 Å². The summed E-state index contributed by atoms with van der Waals surface area (Å²) in [5.74, 6) is 3.33. The first-order valence-electron chi connectivity index (χ1n) is 9.20. The van der Waals surface area contributed by atoms with Gasteiger partial charge in [-0.2, -0.15) is 0 Å². The summed E-state index contributed by atoms with van der Waals surface area (Å²) in [6, 6.07) is 0. The first-order valence-corrected chi connectivity index (χ1v) is 9.20. The molecule has 1 heteroatoms. The van der Waals surface area contributed by atoms with E-state index in [1.807, 2.05) is 0 Å². The number of rotatable bonds is 7. The van der Waals surface area contributed by atoms with E-state index in [2.05, 4.69) is 20.8 Å². The standard InChI is InChI=1S/C19H36O/c1-19(2,3)20-15-9-5-4-6-10-16-13-14-17-11-7-8-12-18(16)17/h16-18H,4-15H2,1-3H3. The van der Waals surface area contributed by atoms with Gasteiger partial charge in [0.05, 0.1) is 5.60 Å². The van der Waals surface area contributed by atoms with Crippen molar-refractivity contribution in [1.29, 1.82) is 0 Å². The van der Waals surface area contributed by atoms with Gasteiger partial charge >= 0.3 is 0 Å². The number of ether oxygens (including phenoxy) is 1. The van der Waals surface area contributed by atoms with E-state index in [1.165, 1.54) is 44.9 Å². The Balaban J connectivity index is 1.49. The number of fused-ring (bicyclic) bond motifs is 1. The average molecular weight is 280 g/mol. The number of hydrogen-bond acceptors (Lipinski definition) is 1. The third kappa shape index (κ3) is 5.39. The van der Waals surface area contributed by atoms with Gasteiger partial charge in [0.1, 0.15) is 0 Å². The van der Waals surface area contributed by atoms with Crippen LogP contribution < -0.4 is 0 Å². The molecule has 2 fully saturated rings. The highest BCUT2D eigenvalue weighted by Gasteiger charge is 2.36. The highest BCUT2D eigenvalue weighted by molar-refractivity contribution is 4.87. The third-order valence-corrected chi connectivity index (χ3v) is 5.49. The Morgan fingerprint density at radius 3 is 2.40 bits per heavy atom. The lowest BCUT2D eigenvalue weighted by Gasteiger charge is -2.29. The van der Waals surface area contributed by atoms with E-state index in [0.717, 1.165) is 24.4 Å². The van der Waals surface area contributed by atoms with E-state index < -0.39 is 0 Å². The average Bonchev–Trinajstić information content (AvgIpc) is 2.80. The normalized spacial score (nSPS) is 30.4. The fourth-order valence-electron chi connectivity index (χ4n) is 4.46. The molecule has 0 amide bonds. The summed E-state index contributed by atoms with van der Waals surface area (Å²) in [4.78, 5) is 0. The summed E-state index contributed by atoms with van der Waals surface area (Å²) in [7, 11) is 0. The Morgan fingerprint density at radius 1 is 0.850 bits per heavy atom. The molecule has 2 aliphatic carbocycles. The van der Waals surface area contributed by atoms with Crippen LogP contribution in [0.25, 0.3) is 0 Å². The molecular formula is C19H36O. The van der Waals surface area contributed by atoms with Crippen molar-refractivity contribution in [3.63, 3.8) is 0 Å². The minimum Gasteiger partial charge on any atom is -0.376 e. The van der Waals surface area contributed by atoms with E-state index >= 15 is 0 Å². The van der Waals surface area contributed by atoms with E-state index in [1.54, 1.807) is 25.7 Å². The van der Waals surface area contributed by atoms with Crippen LogP contribution in [0, 0.1) is 17.8 Å². The highest BCUT2D eigenvalue weighted by Crippen LogP contribution is 2.47. The van der Waals surface area contributed by atoms with Crippen LogP contribution in [0.3, 0.4) is 0 Å².